The predicted molar refractivity (Wildman–Crippen MR) is 98.5 cm³/mol. The minimum atomic E-state index is -4.50. The molecule has 0 bridgehead atoms. The van der Waals surface area contributed by atoms with Gasteiger partial charge in [-0.05, 0) is 25.3 Å². The van der Waals surface area contributed by atoms with E-state index >= 15 is 0 Å². The normalized spacial score (nSPS) is 22.3. The minimum Gasteiger partial charge on any atom is -0.345 e. The maximum Gasteiger partial charge on any atom is 0.405 e. The van der Waals surface area contributed by atoms with Crippen molar-refractivity contribution >= 4 is 17.7 Å². The summed E-state index contributed by atoms with van der Waals surface area (Å²) in [6.07, 6.45) is -3.58. The fraction of sp³-hybridized carbons (Fsp3) is 0.550. The van der Waals surface area contributed by atoms with Crippen LogP contribution < -0.4 is 5.32 Å². The molecule has 0 aliphatic carbocycles. The van der Waals surface area contributed by atoms with Gasteiger partial charge in [0, 0.05) is 26.1 Å². The van der Waals surface area contributed by atoms with E-state index in [0.717, 1.165) is 11.1 Å². The number of amides is 3. The Labute approximate surface area is 167 Å². The number of alkyl halides is 3. The van der Waals surface area contributed by atoms with Gasteiger partial charge >= 0.3 is 6.18 Å². The second-order valence-electron chi connectivity index (χ2n) is 7.68. The van der Waals surface area contributed by atoms with Crippen LogP contribution in [0.1, 0.15) is 30.4 Å². The first-order valence-electron chi connectivity index (χ1n) is 9.62. The third-order valence-electron chi connectivity index (χ3n) is 5.36. The zero-order chi connectivity index (χ0) is 21.2. The molecule has 158 valence electrons. The number of rotatable bonds is 5. The van der Waals surface area contributed by atoms with Crippen LogP contribution in [0.3, 0.4) is 0 Å². The summed E-state index contributed by atoms with van der Waals surface area (Å²) in [4.78, 5) is 40.3. The molecule has 2 unspecified atom stereocenters. The molecule has 0 aromatic heterocycles. The van der Waals surface area contributed by atoms with Gasteiger partial charge in [-0.2, -0.15) is 13.2 Å². The summed E-state index contributed by atoms with van der Waals surface area (Å²) in [6, 6.07) is 6.85. The lowest BCUT2D eigenvalue weighted by atomic mass is 10.1. The fourth-order valence-electron chi connectivity index (χ4n) is 3.85. The highest BCUT2D eigenvalue weighted by atomic mass is 19.4. The number of nitrogens with one attached hydrogen (secondary N) is 1. The lowest BCUT2D eigenvalue weighted by Crippen LogP contribution is -2.49. The van der Waals surface area contributed by atoms with Gasteiger partial charge in [0.2, 0.25) is 17.7 Å². The van der Waals surface area contributed by atoms with E-state index in [0.29, 0.717) is 25.9 Å². The van der Waals surface area contributed by atoms with Gasteiger partial charge in [-0.15, -0.1) is 0 Å². The molecule has 29 heavy (non-hydrogen) atoms. The summed E-state index contributed by atoms with van der Waals surface area (Å²) in [6.45, 7) is 1.51. The molecule has 6 nitrogen and oxygen atoms in total. The lowest BCUT2D eigenvalue weighted by molar-refractivity contribution is -0.146. The second kappa shape index (κ2) is 8.42. The molecular formula is C20H24F3N3O3. The van der Waals surface area contributed by atoms with Crippen LogP contribution in [0.15, 0.2) is 24.3 Å². The Hall–Kier alpha value is -2.58. The van der Waals surface area contributed by atoms with E-state index < -0.39 is 30.6 Å². The fourth-order valence-corrected chi connectivity index (χ4v) is 3.85. The molecule has 2 atom stereocenters. The Morgan fingerprint density at radius 2 is 1.90 bits per heavy atom. The molecule has 0 saturated carbocycles. The van der Waals surface area contributed by atoms with E-state index in [-0.39, 0.29) is 24.8 Å². The van der Waals surface area contributed by atoms with Gasteiger partial charge < -0.3 is 15.1 Å². The van der Waals surface area contributed by atoms with Crippen LogP contribution in [0.25, 0.3) is 0 Å². The van der Waals surface area contributed by atoms with Gasteiger partial charge in [-0.3, -0.25) is 14.4 Å². The maximum absolute atomic E-state index is 12.9. The third-order valence-corrected chi connectivity index (χ3v) is 5.36. The van der Waals surface area contributed by atoms with Crippen LogP contribution in [-0.4, -0.2) is 59.4 Å². The summed E-state index contributed by atoms with van der Waals surface area (Å²) >= 11 is 0. The van der Waals surface area contributed by atoms with Crippen molar-refractivity contribution in [2.45, 2.75) is 44.9 Å². The molecule has 2 heterocycles. The van der Waals surface area contributed by atoms with Gasteiger partial charge in [0.05, 0.1) is 5.92 Å². The minimum absolute atomic E-state index is 0.0537. The first kappa shape index (κ1) is 21.1. The smallest absolute Gasteiger partial charge is 0.345 e. The van der Waals surface area contributed by atoms with E-state index in [1.54, 1.807) is 4.90 Å². The molecule has 2 fully saturated rings. The van der Waals surface area contributed by atoms with Crippen molar-refractivity contribution in [3.63, 3.8) is 0 Å². The SMILES string of the molecule is Cc1ccc(CN2CC(C(=O)N3CCCC3C(=O)NCC(F)(F)F)CC2=O)cc1. The summed E-state index contributed by atoms with van der Waals surface area (Å²) < 4.78 is 37.1. The number of halogens is 3. The molecular weight excluding hydrogens is 387 g/mol. The Kier molecular flexibility index (Phi) is 6.14. The van der Waals surface area contributed by atoms with Crippen molar-refractivity contribution in [2.75, 3.05) is 19.6 Å². The van der Waals surface area contributed by atoms with Gasteiger partial charge in [-0.25, -0.2) is 0 Å². The molecule has 0 radical (unpaired) electrons. The highest BCUT2D eigenvalue weighted by molar-refractivity contribution is 5.93. The van der Waals surface area contributed by atoms with Crippen LogP contribution in [-0.2, 0) is 20.9 Å². The largest absolute Gasteiger partial charge is 0.405 e. The summed E-state index contributed by atoms with van der Waals surface area (Å²) in [5, 5.41) is 1.86. The van der Waals surface area contributed by atoms with Crippen molar-refractivity contribution in [2.24, 2.45) is 5.92 Å². The molecule has 3 rings (SSSR count). The molecule has 1 aromatic carbocycles. The summed E-state index contributed by atoms with van der Waals surface area (Å²) in [5.74, 6) is -1.85. The van der Waals surface area contributed by atoms with Crippen molar-refractivity contribution < 1.29 is 27.6 Å². The number of benzene rings is 1. The Bertz CT molecular complexity index is 779. The number of aryl methyl sites for hydroxylation is 1. The number of hydrogen-bond donors (Lipinski definition) is 1. The molecule has 3 amide bonds. The number of likely N-dealkylation sites (tertiary alicyclic amines) is 2. The highest BCUT2D eigenvalue weighted by Crippen LogP contribution is 2.27. The van der Waals surface area contributed by atoms with Crippen LogP contribution in [0.5, 0.6) is 0 Å². The molecule has 2 saturated heterocycles. The van der Waals surface area contributed by atoms with Gasteiger partial charge in [0.15, 0.2) is 0 Å². The van der Waals surface area contributed by atoms with Gasteiger partial charge in [-0.1, -0.05) is 29.8 Å². The Morgan fingerprint density at radius 1 is 1.21 bits per heavy atom. The zero-order valence-corrected chi connectivity index (χ0v) is 16.2. The summed E-state index contributed by atoms with van der Waals surface area (Å²) in [7, 11) is 0. The van der Waals surface area contributed by atoms with Crippen molar-refractivity contribution in [1.82, 2.24) is 15.1 Å². The number of nitrogens with zero attached hydrogens (tertiary/aromatic N) is 2. The average Bonchev–Trinajstić information content (AvgIpc) is 3.28. The van der Waals surface area contributed by atoms with E-state index in [2.05, 4.69) is 0 Å². The summed E-state index contributed by atoms with van der Waals surface area (Å²) in [5.41, 5.74) is 2.07. The molecule has 9 heteroatoms. The van der Waals surface area contributed by atoms with Crippen molar-refractivity contribution in [3.05, 3.63) is 35.4 Å². The van der Waals surface area contributed by atoms with Crippen LogP contribution in [0, 0.1) is 12.8 Å². The molecule has 1 N–H and O–H groups in total. The standard InChI is InChI=1S/C20H24F3N3O3/c1-13-4-6-14(7-5-13)10-25-11-15(9-17(25)27)19(29)26-8-2-3-16(26)18(28)24-12-20(21,22)23/h4-7,15-16H,2-3,8-12H2,1H3,(H,24,28). The maximum atomic E-state index is 12.9. The van der Waals surface area contributed by atoms with E-state index in [9.17, 15) is 27.6 Å². The molecule has 2 aliphatic heterocycles. The van der Waals surface area contributed by atoms with Crippen molar-refractivity contribution in [3.8, 4) is 0 Å². The van der Waals surface area contributed by atoms with Gasteiger partial charge in [0.25, 0.3) is 0 Å². The van der Waals surface area contributed by atoms with Crippen molar-refractivity contribution in [1.29, 1.82) is 0 Å². The zero-order valence-electron chi connectivity index (χ0n) is 16.2. The molecule has 1 aromatic rings. The Morgan fingerprint density at radius 3 is 2.55 bits per heavy atom. The van der Waals surface area contributed by atoms with Crippen LogP contribution in [0.2, 0.25) is 0 Å². The van der Waals surface area contributed by atoms with E-state index in [4.69, 9.17) is 0 Å². The van der Waals surface area contributed by atoms with Crippen LogP contribution >= 0.6 is 0 Å². The average molecular weight is 411 g/mol. The molecule has 0 spiro atoms. The highest BCUT2D eigenvalue weighted by Gasteiger charge is 2.42. The van der Waals surface area contributed by atoms with E-state index in [1.807, 2.05) is 36.5 Å². The third kappa shape index (κ3) is 5.27. The molecule has 2 aliphatic rings. The number of carbonyl (C=O) groups excluding carboxylic acids is 3. The number of carbonyl (C=O) groups is 3. The monoisotopic (exact) mass is 411 g/mol. The van der Waals surface area contributed by atoms with Crippen LogP contribution in [0.4, 0.5) is 13.2 Å². The topological polar surface area (TPSA) is 69.7 Å². The van der Waals surface area contributed by atoms with E-state index in [1.165, 1.54) is 4.90 Å². The quantitative estimate of drug-likeness (QED) is 0.806. The lowest BCUT2D eigenvalue weighted by Gasteiger charge is -2.26. The first-order chi connectivity index (χ1) is 13.6. The first-order valence-corrected chi connectivity index (χ1v) is 9.62. The van der Waals surface area contributed by atoms with Gasteiger partial charge in [0.1, 0.15) is 12.6 Å². The second-order valence-corrected chi connectivity index (χ2v) is 7.68. The Balaban J connectivity index is 1.60. The predicted octanol–water partition coefficient (Wildman–Crippen LogP) is 2.01. The number of hydrogen-bond acceptors (Lipinski definition) is 3.